The Labute approximate surface area is 158 Å². The summed E-state index contributed by atoms with van der Waals surface area (Å²) in [6.45, 7) is 6.04. The molecular formula is C21H23N3O3. The molecule has 0 radical (unpaired) electrons. The highest BCUT2D eigenvalue weighted by atomic mass is 16.2. The number of nitrogens with zero attached hydrogens (tertiary/aromatic N) is 2. The van der Waals surface area contributed by atoms with Crippen LogP contribution in [0.3, 0.4) is 0 Å². The molecule has 0 aromatic heterocycles. The molecule has 0 atom stereocenters. The summed E-state index contributed by atoms with van der Waals surface area (Å²) in [4.78, 5) is 39.3. The van der Waals surface area contributed by atoms with Gasteiger partial charge in [-0.05, 0) is 49.2 Å². The van der Waals surface area contributed by atoms with Gasteiger partial charge in [0, 0.05) is 43.0 Å². The van der Waals surface area contributed by atoms with E-state index in [1.54, 1.807) is 34.1 Å². The largest absolute Gasteiger partial charge is 0.342 e. The number of hydrogen-bond acceptors (Lipinski definition) is 3. The van der Waals surface area contributed by atoms with Crippen LogP contribution in [0.2, 0.25) is 0 Å². The zero-order valence-corrected chi connectivity index (χ0v) is 15.6. The predicted octanol–water partition coefficient (Wildman–Crippen LogP) is 2.47. The van der Waals surface area contributed by atoms with Crippen molar-refractivity contribution in [3.8, 4) is 0 Å². The molecule has 1 heterocycles. The van der Waals surface area contributed by atoms with E-state index < -0.39 is 0 Å². The molecule has 27 heavy (non-hydrogen) atoms. The van der Waals surface area contributed by atoms with Gasteiger partial charge in [0.2, 0.25) is 6.41 Å². The van der Waals surface area contributed by atoms with Crippen LogP contribution in [-0.2, 0) is 4.79 Å². The minimum absolute atomic E-state index is 0.0812. The van der Waals surface area contributed by atoms with E-state index in [1.165, 1.54) is 0 Å². The second kappa shape index (κ2) is 8.03. The molecule has 1 aliphatic heterocycles. The Bertz CT molecular complexity index is 833. The summed E-state index contributed by atoms with van der Waals surface area (Å²) in [6.07, 6.45) is 0.811. The number of anilines is 1. The van der Waals surface area contributed by atoms with Crippen LogP contribution in [0.25, 0.3) is 0 Å². The monoisotopic (exact) mass is 365 g/mol. The molecule has 0 bridgehead atoms. The molecule has 1 saturated heterocycles. The van der Waals surface area contributed by atoms with Crippen molar-refractivity contribution in [2.45, 2.75) is 13.8 Å². The molecule has 0 aliphatic carbocycles. The summed E-state index contributed by atoms with van der Waals surface area (Å²) in [7, 11) is 0. The minimum Gasteiger partial charge on any atom is -0.342 e. The molecule has 3 amide bonds. The number of nitrogens with one attached hydrogen (secondary N) is 1. The first-order valence-electron chi connectivity index (χ1n) is 8.96. The van der Waals surface area contributed by atoms with E-state index >= 15 is 0 Å². The van der Waals surface area contributed by atoms with Gasteiger partial charge in [-0.2, -0.15) is 0 Å². The lowest BCUT2D eigenvalue weighted by molar-refractivity contribution is -0.119. The van der Waals surface area contributed by atoms with Gasteiger partial charge in [0.25, 0.3) is 11.8 Å². The van der Waals surface area contributed by atoms with Crippen LogP contribution >= 0.6 is 0 Å². The van der Waals surface area contributed by atoms with Crippen molar-refractivity contribution >= 4 is 23.9 Å². The van der Waals surface area contributed by atoms with E-state index in [0.717, 1.165) is 23.2 Å². The van der Waals surface area contributed by atoms with Crippen LogP contribution in [0.4, 0.5) is 5.69 Å². The van der Waals surface area contributed by atoms with Crippen molar-refractivity contribution < 1.29 is 14.4 Å². The Morgan fingerprint density at radius 2 is 1.44 bits per heavy atom. The lowest BCUT2D eigenvalue weighted by Crippen LogP contribution is -2.48. The van der Waals surface area contributed by atoms with Gasteiger partial charge in [-0.15, -0.1) is 0 Å². The number of amides is 3. The van der Waals surface area contributed by atoms with Crippen molar-refractivity contribution in [2.24, 2.45) is 0 Å². The highest BCUT2D eigenvalue weighted by molar-refractivity contribution is 6.05. The molecular weight excluding hydrogens is 342 g/mol. The molecule has 1 N–H and O–H groups in total. The molecule has 140 valence electrons. The number of benzene rings is 2. The fraction of sp³-hybridized carbons (Fsp3) is 0.286. The maximum Gasteiger partial charge on any atom is 0.255 e. The third-order valence-electron chi connectivity index (χ3n) is 4.86. The van der Waals surface area contributed by atoms with Crippen LogP contribution in [0, 0.1) is 13.8 Å². The van der Waals surface area contributed by atoms with Gasteiger partial charge in [0.15, 0.2) is 0 Å². The number of hydrogen-bond donors (Lipinski definition) is 1. The highest BCUT2D eigenvalue weighted by Gasteiger charge is 2.21. The molecule has 1 aliphatic rings. The summed E-state index contributed by atoms with van der Waals surface area (Å²) in [6, 6.07) is 12.5. The van der Waals surface area contributed by atoms with Gasteiger partial charge in [-0.25, -0.2) is 0 Å². The van der Waals surface area contributed by atoms with Crippen molar-refractivity contribution in [3.05, 3.63) is 64.7 Å². The second-order valence-electron chi connectivity index (χ2n) is 6.73. The molecule has 0 spiro atoms. The molecule has 6 nitrogen and oxygen atoms in total. The maximum atomic E-state index is 12.6. The first-order chi connectivity index (χ1) is 13.0. The van der Waals surface area contributed by atoms with Crippen molar-refractivity contribution in [3.63, 3.8) is 0 Å². The number of carbonyl (C=O) groups excluding carboxylic acids is 3. The lowest BCUT2D eigenvalue weighted by Gasteiger charge is -2.32. The summed E-state index contributed by atoms with van der Waals surface area (Å²) >= 11 is 0. The molecule has 2 aromatic rings. The van der Waals surface area contributed by atoms with Crippen molar-refractivity contribution in [2.75, 3.05) is 31.5 Å². The topological polar surface area (TPSA) is 69.7 Å². The average molecular weight is 365 g/mol. The zero-order valence-electron chi connectivity index (χ0n) is 15.6. The quantitative estimate of drug-likeness (QED) is 0.846. The number of aryl methyl sites for hydroxylation is 2. The Morgan fingerprint density at radius 1 is 0.889 bits per heavy atom. The number of para-hydroxylation sites is 1. The minimum atomic E-state index is -0.203. The first kappa shape index (κ1) is 18.6. The summed E-state index contributed by atoms with van der Waals surface area (Å²) in [5, 5.41) is 2.95. The lowest BCUT2D eigenvalue weighted by atomic mass is 10.1. The van der Waals surface area contributed by atoms with Gasteiger partial charge in [0.05, 0.1) is 0 Å². The second-order valence-corrected chi connectivity index (χ2v) is 6.73. The van der Waals surface area contributed by atoms with Gasteiger partial charge >= 0.3 is 0 Å². The van der Waals surface area contributed by atoms with Crippen LogP contribution < -0.4 is 5.32 Å². The zero-order chi connectivity index (χ0) is 19.4. The van der Waals surface area contributed by atoms with Crippen LogP contribution in [0.15, 0.2) is 42.5 Å². The van der Waals surface area contributed by atoms with Crippen LogP contribution in [0.5, 0.6) is 0 Å². The first-order valence-corrected chi connectivity index (χ1v) is 8.96. The third-order valence-corrected chi connectivity index (χ3v) is 4.86. The average Bonchev–Trinajstić information content (AvgIpc) is 2.70. The number of carbonyl (C=O) groups is 3. The van der Waals surface area contributed by atoms with Crippen molar-refractivity contribution in [1.82, 2.24) is 9.80 Å². The number of rotatable bonds is 4. The van der Waals surface area contributed by atoms with E-state index in [9.17, 15) is 14.4 Å². The molecule has 1 fully saturated rings. The Kier molecular flexibility index (Phi) is 5.54. The van der Waals surface area contributed by atoms with E-state index in [2.05, 4.69) is 5.32 Å². The smallest absolute Gasteiger partial charge is 0.255 e. The normalized spacial score (nSPS) is 14.0. The summed E-state index contributed by atoms with van der Waals surface area (Å²) in [5.41, 5.74) is 3.86. The highest BCUT2D eigenvalue weighted by Crippen LogP contribution is 2.20. The van der Waals surface area contributed by atoms with Gasteiger partial charge in [0.1, 0.15) is 0 Å². The maximum absolute atomic E-state index is 12.6. The number of piperazine rings is 1. The fourth-order valence-corrected chi connectivity index (χ4v) is 3.17. The van der Waals surface area contributed by atoms with Crippen LogP contribution in [-0.4, -0.2) is 54.2 Å². The van der Waals surface area contributed by atoms with Crippen LogP contribution in [0.1, 0.15) is 31.8 Å². The Morgan fingerprint density at radius 3 is 2.00 bits per heavy atom. The Hall–Kier alpha value is -3.15. The standard InChI is InChI=1S/C21H23N3O3/c1-15-4-3-5-16(2)19(15)22-20(26)17-6-8-18(9-7-17)21(27)24-12-10-23(14-25)11-13-24/h3-9,14H,10-13H2,1-2H3,(H,22,26). The summed E-state index contributed by atoms with van der Waals surface area (Å²) < 4.78 is 0. The SMILES string of the molecule is Cc1cccc(C)c1NC(=O)c1ccc(C(=O)N2CCN(C=O)CC2)cc1. The predicted molar refractivity (Wildman–Crippen MR) is 104 cm³/mol. The van der Waals surface area contributed by atoms with E-state index in [0.29, 0.717) is 37.3 Å². The van der Waals surface area contributed by atoms with E-state index in [-0.39, 0.29) is 11.8 Å². The molecule has 0 saturated carbocycles. The van der Waals surface area contributed by atoms with Gasteiger partial charge < -0.3 is 15.1 Å². The molecule has 6 heteroatoms. The Balaban J connectivity index is 1.67. The summed E-state index contributed by atoms with van der Waals surface area (Å²) in [5.74, 6) is -0.284. The fourth-order valence-electron chi connectivity index (χ4n) is 3.17. The van der Waals surface area contributed by atoms with E-state index in [4.69, 9.17) is 0 Å². The third kappa shape index (κ3) is 4.16. The molecule has 3 rings (SSSR count). The van der Waals surface area contributed by atoms with Crippen molar-refractivity contribution in [1.29, 1.82) is 0 Å². The van der Waals surface area contributed by atoms with Gasteiger partial charge in [-0.3, -0.25) is 14.4 Å². The molecule has 2 aromatic carbocycles. The van der Waals surface area contributed by atoms with Gasteiger partial charge in [-0.1, -0.05) is 18.2 Å². The van der Waals surface area contributed by atoms with E-state index in [1.807, 2.05) is 32.0 Å². The molecule has 0 unspecified atom stereocenters.